The molecule has 1 aliphatic heterocycles. The van der Waals surface area contributed by atoms with Gasteiger partial charge in [-0.15, -0.1) is 0 Å². The lowest BCUT2D eigenvalue weighted by atomic mass is 9.92. The van der Waals surface area contributed by atoms with E-state index >= 15 is 0 Å². The molecule has 3 fully saturated rings. The van der Waals surface area contributed by atoms with E-state index < -0.39 is 23.8 Å². The Labute approximate surface area is 146 Å². The van der Waals surface area contributed by atoms with Crippen molar-refractivity contribution in [1.82, 2.24) is 10.2 Å². The lowest BCUT2D eigenvalue weighted by molar-refractivity contribution is -0.141. The summed E-state index contributed by atoms with van der Waals surface area (Å²) in [4.78, 5) is 42.8. The summed E-state index contributed by atoms with van der Waals surface area (Å²) in [6.07, 6.45) is 5.54. The van der Waals surface area contributed by atoms with Crippen molar-refractivity contribution in [1.29, 1.82) is 0 Å². The second-order valence-electron chi connectivity index (χ2n) is 7.34. The SMILES string of the molecule is Cc1cccc(N=C[C@H]2C(=O)NC(=O)N([C@@H]3C[C@H]4CC[C@H]3C4)C2=O)c1. The highest BCUT2D eigenvalue weighted by molar-refractivity contribution is 6.23. The van der Waals surface area contributed by atoms with Gasteiger partial charge in [-0.1, -0.05) is 18.6 Å². The van der Waals surface area contributed by atoms with Gasteiger partial charge in [0.15, 0.2) is 5.92 Å². The fourth-order valence-electron chi connectivity index (χ4n) is 4.45. The highest BCUT2D eigenvalue weighted by atomic mass is 16.2. The van der Waals surface area contributed by atoms with Gasteiger partial charge in [-0.25, -0.2) is 4.79 Å². The maximum atomic E-state index is 12.9. The van der Waals surface area contributed by atoms with Gasteiger partial charge >= 0.3 is 6.03 Å². The molecule has 25 heavy (non-hydrogen) atoms. The molecule has 2 aliphatic carbocycles. The molecule has 4 atom stereocenters. The van der Waals surface area contributed by atoms with E-state index in [1.165, 1.54) is 17.5 Å². The van der Waals surface area contributed by atoms with Gasteiger partial charge in [0.25, 0.3) is 0 Å². The van der Waals surface area contributed by atoms with Crippen molar-refractivity contribution in [3.63, 3.8) is 0 Å². The van der Waals surface area contributed by atoms with Crippen molar-refractivity contribution >= 4 is 29.7 Å². The zero-order valence-corrected chi connectivity index (χ0v) is 14.1. The third kappa shape index (κ3) is 2.86. The van der Waals surface area contributed by atoms with E-state index in [-0.39, 0.29) is 6.04 Å². The molecule has 1 N–H and O–H groups in total. The summed E-state index contributed by atoms with van der Waals surface area (Å²) >= 11 is 0. The Morgan fingerprint density at radius 1 is 1.20 bits per heavy atom. The number of fused-ring (bicyclic) bond motifs is 2. The van der Waals surface area contributed by atoms with Crippen molar-refractivity contribution in [3.8, 4) is 0 Å². The summed E-state index contributed by atoms with van der Waals surface area (Å²) in [6, 6.07) is 6.86. The Hall–Kier alpha value is -2.50. The first kappa shape index (κ1) is 16.0. The third-order valence-corrected chi connectivity index (χ3v) is 5.64. The van der Waals surface area contributed by atoms with E-state index in [0.717, 1.165) is 24.8 Å². The molecule has 3 aliphatic rings. The number of barbiturate groups is 1. The van der Waals surface area contributed by atoms with E-state index in [9.17, 15) is 14.4 Å². The average molecular weight is 339 g/mol. The number of carbonyl (C=O) groups is 3. The van der Waals surface area contributed by atoms with Crippen LogP contribution in [-0.4, -0.2) is 35.0 Å². The van der Waals surface area contributed by atoms with Gasteiger partial charge in [0, 0.05) is 12.3 Å². The number of hydrogen-bond acceptors (Lipinski definition) is 4. The van der Waals surface area contributed by atoms with Gasteiger partial charge in [-0.3, -0.25) is 24.8 Å². The average Bonchev–Trinajstić information content (AvgIpc) is 3.17. The molecular formula is C19H21N3O3. The normalized spacial score (nSPS) is 31.9. The van der Waals surface area contributed by atoms with Gasteiger partial charge in [-0.2, -0.15) is 0 Å². The van der Waals surface area contributed by atoms with E-state index in [4.69, 9.17) is 0 Å². The summed E-state index contributed by atoms with van der Waals surface area (Å²) in [5.74, 6) is -1.10. The predicted molar refractivity (Wildman–Crippen MR) is 92.4 cm³/mol. The molecule has 2 saturated carbocycles. The molecule has 4 amide bonds. The van der Waals surface area contributed by atoms with E-state index in [0.29, 0.717) is 17.5 Å². The molecule has 1 heterocycles. The number of amides is 4. The largest absolute Gasteiger partial charge is 0.331 e. The molecule has 0 aromatic heterocycles. The number of rotatable bonds is 3. The standard InChI is InChI=1S/C19H21N3O3/c1-11-3-2-4-14(7-11)20-10-15-17(23)21-19(25)22(18(15)24)16-9-12-5-6-13(16)8-12/h2-4,7,10,12-13,15-16H,5-6,8-9H2,1H3,(H,21,23,25)/t12-,13-,15-,16+/m0/s1. The van der Waals surface area contributed by atoms with Gasteiger partial charge < -0.3 is 0 Å². The van der Waals surface area contributed by atoms with E-state index in [2.05, 4.69) is 10.3 Å². The highest BCUT2D eigenvalue weighted by Gasteiger charge is 2.50. The number of benzene rings is 1. The minimum Gasteiger partial charge on any atom is -0.277 e. The van der Waals surface area contributed by atoms with Crippen molar-refractivity contribution in [2.24, 2.45) is 22.7 Å². The van der Waals surface area contributed by atoms with Gasteiger partial charge in [0.05, 0.1) is 5.69 Å². The molecule has 2 bridgehead atoms. The van der Waals surface area contributed by atoms with Gasteiger partial charge in [0.2, 0.25) is 11.8 Å². The quantitative estimate of drug-likeness (QED) is 0.679. The van der Waals surface area contributed by atoms with Crippen molar-refractivity contribution in [2.45, 2.75) is 38.6 Å². The Balaban J connectivity index is 1.56. The fraction of sp³-hybridized carbons (Fsp3) is 0.474. The lowest BCUT2D eigenvalue weighted by Crippen LogP contribution is -2.62. The Morgan fingerprint density at radius 3 is 2.72 bits per heavy atom. The van der Waals surface area contributed by atoms with Crippen LogP contribution in [0.2, 0.25) is 0 Å². The number of urea groups is 1. The second-order valence-corrected chi connectivity index (χ2v) is 7.34. The third-order valence-electron chi connectivity index (χ3n) is 5.64. The van der Waals surface area contributed by atoms with Crippen LogP contribution >= 0.6 is 0 Å². The predicted octanol–water partition coefficient (Wildman–Crippen LogP) is 2.58. The Morgan fingerprint density at radius 2 is 2.04 bits per heavy atom. The molecule has 1 saturated heterocycles. The van der Waals surface area contributed by atoms with Crippen LogP contribution in [0.4, 0.5) is 10.5 Å². The van der Waals surface area contributed by atoms with Crippen LogP contribution in [0.1, 0.15) is 31.2 Å². The minimum absolute atomic E-state index is 0.0748. The summed E-state index contributed by atoms with van der Waals surface area (Å²) in [7, 11) is 0. The molecule has 0 spiro atoms. The lowest BCUT2D eigenvalue weighted by Gasteiger charge is -2.36. The Bertz CT molecular complexity index is 773. The van der Waals surface area contributed by atoms with Crippen LogP contribution < -0.4 is 5.32 Å². The zero-order valence-electron chi connectivity index (χ0n) is 14.1. The van der Waals surface area contributed by atoms with Crippen molar-refractivity contribution < 1.29 is 14.4 Å². The summed E-state index contributed by atoms with van der Waals surface area (Å²) in [5, 5.41) is 2.33. The van der Waals surface area contributed by atoms with Crippen molar-refractivity contribution in [3.05, 3.63) is 29.8 Å². The number of nitrogens with zero attached hydrogens (tertiary/aromatic N) is 2. The molecular weight excluding hydrogens is 318 g/mol. The first-order valence-corrected chi connectivity index (χ1v) is 8.81. The second kappa shape index (κ2) is 6.10. The minimum atomic E-state index is -1.04. The van der Waals surface area contributed by atoms with E-state index in [1.54, 1.807) is 0 Å². The Kier molecular flexibility index (Phi) is 3.90. The van der Waals surface area contributed by atoms with E-state index in [1.807, 2.05) is 31.2 Å². The molecule has 130 valence electrons. The number of imide groups is 2. The topological polar surface area (TPSA) is 78.8 Å². The van der Waals surface area contributed by atoms with Crippen LogP contribution in [0.3, 0.4) is 0 Å². The molecule has 6 nitrogen and oxygen atoms in total. The molecule has 0 unspecified atom stereocenters. The summed E-state index contributed by atoms with van der Waals surface area (Å²) < 4.78 is 0. The highest BCUT2D eigenvalue weighted by Crippen LogP contribution is 2.47. The smallest absolute Gasteiger partial charge is 0.277 e. The zero-order chi connectivity index (χ0) is 17.6. The first-order valence-electron chi connectivity index (χ1n) is 8.81. The number of aliphatic imine (C=N–C) groups is 1. The van der Waals surface area contributed by atoms with Gasteiger partial charge in [-0.05, 0) is 55.7 Å². The maximum absolute atomic E-state index is 12.9. The number of aryl methyl sites for hydroxylation is 1. The van der Waals surface area contributed by atoms with Crippen LogP contribution in [0.25, 0.3) is 0 Å². The maximum Gasteiger partial charge on any atom is 0.331 e. The molecule has 6 heteroatoms. The van der Waals surface area contributed by atoms with Gasteiger partial charge in [0.1, 0.15) is 0 Å². The monoisotopic (exact) mass is 339 g/mol. The molecule has 0 radical (unpaired) electrons. The number of nitrogens with one attached hydrogen (secondary N) is 1. The number of carbonyl (C=O) groups excluding carboxylic acids is 3. The molecule has 1 aromatic rings. The first-order chi connectivity index (χ1) is 12.0. The molecule has 1 aromatic carbocycles. The van der Waals surface area contributed by atoms with Crippen LogP contribution in [-0.2, 0) is 9.59 Å². The summed E-state index contributed by atoms with van der Waals surface area (Å²) in [6.45, 7) is 1.95. The number of hydrogen-bond donors (Lipinski definition) is 1. The summed E-state index contributed by atoms with van der Waals surface area (Å²) in [5.41, 5.74) is 1.73. The van der Waals surface area contributed by atoms with Crippen LogP contribution in [0, 0.1) is 24.7 Å². The fourth-order valence-corrected chi connectivity index (χ4v) is 4.45. The van der Waals surface area contributed by atoms with Crippen LogP contribution in [0.15, 0.2) is 29.3 Å². The molecule has 4 rings (SSSR count). The van der Waals surface area contributed by atoms with Crippen LogP contribution in [0.5, 0.6) is 0 Å². The van der Waals surface area contributed by atoms with Crippen molar-refractivity contribution in [2.75, 3.05) is 0 Å².